The molecule has 1 aromatic heterocycles. The molecule has 2 heterocycles. The molecule has 0 saturated carbocycles. The van der Waals surface area contributed by atoms with E-state index in [1.165, 1.54) is 5.56 Å². The van der Waals surface area contributed by atoms with Gasteiger partial charge in [0.05, 0.1) is 12.3 Å². The van der Waals surface area contributed by atoms with Gasteiger partial charge in [0.1, 0.15) is 5.75 Å². The second kappa shape index (κ2) is 4.88. The number of rotatable bonds is 3. The SMILES string of the molecule is CCNc1ncc(C)c(-c2cccc3c2OCC3)n1. The summed E-state index contributed by atoms with van der Waals surface area (Å²) in [6.45, 7) is 5.63. The van der Waals surface area contributed by atoms with E-state index in [1.54, 1.807) is 0 Å². The van der Waals surface area contributed by atoms with E-state index in [-0.39, 0.29) is 0 Å². The molecule has 0 unspecified atom stereocenters. The molecule has 1 aliphatic heterocycles. The molecule has 0 amide bonds. The first-order valence-corrected chi connectivity index (χ1v) is 6.62. The lowest BCUT2D eigenvalue weighted by Gasteiger charge is -2.11. The molecule has 0 atom stereocenters. The second-order valence-electron chi connectivity index (χ2n) is 4.65. The number of fused-ring (bicyclic) bond motifs is 1. The van der Waals surface area contributed by atoms with E-state index in [0.29, 0.717) is 5.95 Å². The van der Waals surface area contributed by atoms with Gasteiger partial charge in [0.15, 0.2) is 0 Å². The lowest BCUT2D eigenvalue weighted by molar-refractivity contribution is 0.358. The molecule has 3 rings (SSSR count). The molecule has 98 valence electrons. The van der Waals surface area contributed by atoms with Gasteiger partial charge in [-0.2, -0.15) is 0 Å². The molecule has 19 heavy (non-hydrogen) atoms. The minimum atomic E-state index is 0.665. The lowest BCUT2D eigenvalue weighted by Crippen LogP contribution is -2.04. The number of nitrogens with zero attached hydrogens (tertiary/aromatic N) is 2. The first-order valence-electron chi connectivity index (χ1n) is 6.62. The van der Waals surface area contributed by atoms with E-state index in [0.717, 1.165) is 42.1 Å². The number of aromatic nitrogens is 2. The average Bonchev–Trinajstić information content (AvgIpc) is 2.89. The van der Waals surface area contributed by atoms with Crippen molar-refractivity contribution in [2.24, 2.45) is 0 Å². The highest BCUT2D eigenvalue weighted by Crippen LogP contribution is 2.37. The molecule has 1 N–H and O–H groups in total. The Morgan fingerprint density at radius 2 is 2.26 bits per heavy atom. The van der Waals surface area contributed by atoms with Crippen molar-refractivity contribution in [3.63, 3.8) is 0 Å². The summed E-state index contributed by atoms with van der Waals surface area (Å²) in [7, 11) is 0. The molecule has 0 aliphatic carbocycles. The van der Waals surface area contributed by atoms with Crippen molar-refractivity contribution in [2.45, 2.75) is 20.3 Å². The number of nitrogens with one attached hydrogen (secondary N) is 1. The maximum atomic E-state index is 5.76. The Morgan fingerprint density at radius 3 is 3.11 bits per heavy atom. The number of anilines is 1. The van der Waals surface area contributed by atoms with Crippen LogP contribution in [0, 0.1) is 6.92 Å². The highest BCUT2D eigenvalue weighted by molar-refractivity contribution is 5.72. The second-order valence-corrected chi connectivity index (χ2v) is 4.65. The van der Waals surface area contributed by atoms with E-state index in [1.807, 2.05) is 20.0 Å². The number of hydrogen-bond donors (Lipinski definition) is 1. The van der Waals surface area contributed by atoms with Crippen molar-refractivity contribution in [2.75, 3.05) is 18.5 Å². The Labute approximate surface area is 112 Å². The quantitative estimate of drug-likeness (QED) is 0.916. The minimum Gasteiger partial charge on any atom is -0.492 e. The third-order valence-electron chi connectivity index (χ3n) is 3.28. The van der Waals surface area contributed by atoms with Gasteiger partial charge in [-0.15, -0.1) is 0 Å². The van der Waals surface area contributed by atoms with Crippen LogP contribution in [0.1, 0.15) is 18.1 Å². The topological polar surface area (TPSA) is 47.0 Å². The number of aryl methyl sites for hydroxylation is 1. The zero-order valence-electron chi connectivity index (χ0n) is 11.2. The molecule has 0 radical (unpaired) electrons. The zero-order chi connectivity index (χ0) is 13.2. The van der Waals surface area contributed by atoms with Crippen LogP contribution in [-0.2, 0) is 6.42 Å². The van der Waals surface area contributed by atoms with Crippen molar-refractivity contribution >= 4 is 5.95 Å². The van der Waals surface area contributed by atoms with Crippen LogP contribution >= 0.6 is 0 Å². The Balaban J connectivity index is 2.11. The Kier molecular flexibility index (Phi) is 3.07. The number of hydrogen-bond acceptors (Lipinski definition) is 4. The molecule has 0 fully saturated rings. The van der Waals surface area contributed by atoms with E-state index in [4.69, 9.17) is 4.74 Å². The first-order chi connectivity index (χ1) is 9.29. The fraction of sp³-hybridized carbons (Fsp3) is 0.333. The fourth-order valence-electron chi connectivity index (χ4n) is 2.36. The minimum absolute atomic E-state index is 0.665. The van der Waals surface area contributed by atoms with Gasteiger partial charge in [0.25, 0.3) is 0 Å². The van der Waals surface area contributed by atoms with Crippen LogP contribution in [0.25, 0.3) is 11.3 Å². The van der Waals surface area contributed by atoms with Gasteiger partial charge in [-0.1, -0.05) is 12.1 Å². The number of benzene rings is 1. The monoisotopic (exact) mass is 255 g/mol. The van der Waals surface area contributed by atoms with Gasteiger partial charge >= 0.3 is 0 Å². The zero-order valence-corrected chi connectivity index (χ0v) is 11.2. The summed E-state index contributed by atoms with van der Waals surface area (Å²) in [5.74, 6) is 1.64. The molecule has 2 aromatic rings. The molecular weight excluding hydrogens is 238 g/mol. The van der Waals surface area contributed by atoms with Gasteiger partial charge in [0, 0.05) is 24.7 Å². The van der Waals surface area contributed by atoms with Crippen LogP contribution in [-0.4, -0.2) is 23.1 Å². The largest absolute Gasteiger partial charge is 0.492 e. The summed E-state index contributed by atoms with van der Waals surface area (Å²) in [6.07, 6.45) is 2.84. The Hall–Kier alpha value is -2.10. The van der Waals surface area contributed by atoms with Crippen LogP contribution in [0.3, 0.4) is 0 Å². The predicted molar refractivity (Wildman–Crippen MR) is 75.6 cm³/mol. The molecule has 1 aliphatic rings. The highest BCUT2D eigenvalue weighted by atomic mass is 16.5. The van der Waals surface area contributed by atoms with Crippen molar-refractivity contribution in [3.05, 3.63) is 35.5 Å². The van der Waals surface area contributed by atoms with E-state index >= 15 is 0 Å². The van der Waals surface area contributed by atoms with Crippen LogP contribution < -0.4 is 10.1 Å². The Morgan fingerprint density at radius 1 is 1.37 bits per heavy atom. The smallest absolute Gasteiger partial charge is 0.223 e. The number of para-hydroxylation sites is 1. The molecule has 1 aromatic carbocycles. The van der Waals surface area contributed by atoms with Gasteiger partial charge in [-0.25, -0.2) is 9.97 Å². The maximum Gasteiger partial charge on any atom is 0.223 e. The summed E-state index contributed by atoms with van der Waals surface area (Å²) in [5.41, 5.74) is 4.34. The molecule has 0 saturated heterocycles. The van der Waals surface area contributed by atoms with E-state index in [2.05, 4.69) is 33.5 Å². The summed E-state index contributed by atoms with van der Waals surface area (Å²) in [6, 6.07) is 6.25. The van der Waals surface area contributed by atoms with Gasteiger partial charge in [0.2, 0.25) is 5.95 Å². The summed E-state index contributed by atoms with van der Waals surface area (Å²) >= 11 is 0. The molecule has 0 bridgehead atoms. The lowest BCUT2D eigenvalue weighted by atomic mass is 10.0. The third kappa shape index (κ3) is 2.14. The molecule has 4 heteroatoms. The summed E-state index contributed by atoms with van der Waals surface area (Å²) in [5, 5.41) is 3.15. The van der Waals surface area contributed by atoms with Crippen molar-refractivity contribution in [1.29, 1.82) is 0 Å². The van der Waals surface area contributed by atoms with E-state index < -0.39 is 0 Å². The van der Waals surface area contributed by atoms with Crippen molar-refractivity contribution < 1.29 is 4.74 Å². The molecule has 4 nitrogen and oxygen atoms in total. The third-order valence-corrected chi connectivity index (χ3v) is 3.28. The van der Waals surface area contributed by atoms with Crippen LogP contribution in [0.5, 0.6) is 5.75 Å². The summed E-state index contributed by atoms with van der Waals surface area (Å²) in [4.78, 5) is 8.89. The predicted octanol–water partition coefficient (Wildman–Crippen LogP) is 2.82. The van der Waals surface area contributed by atoms with Gasteiger partial charge in [-0.05, 0) is 31.0 Å². The normalized spacial score (nSPS) is 12.9. The van der Waals surface area contributed by atoms with Crippen LogP contribution in [0.2, 0.25) is 0 Å². The van der Waals surface area contributed by atoms with Crippen LogP contribution in [0.15, 0.2) is 24.4 Å². The van der Waals surface area contributed by atoms with Gasteiger partial charge in [-0.3, -0.25) is 0 Å². The maximum absolute atomic E-state index is 5.76. The molecule has 0 spiro atoms. The highest BCUT2D eigenvalue weighted by Gasteiger charge is 2.19. The van der Waals surface area contributed by atoms with E-state index in [9.17, 15) is 0 Å². The number of ether oxygens (including phenoxy) is 1. The first kappa shape index (κ1) is 12.0. The summed E-state index contributed by atoms with van der Waals surface area (Å²) < 4.78 is 5.76. The van der Waals surface area contributed by atoms with Crippen molar-refractivity contribution in [1.82, 2.24) is 9.97 Å². The Bertz CT molecular complexity index is 610. The van der Waals surface area contributed by atoms with Gasteiger partial charge < -0.3 is 10.1 Å². The van der Waals surface area contributed by atoms with Crippen molar-refractivity contribution in [3.8, 4) is 17.0 Å². The molecular formula is C15H17N3O. The van der Waals surface area contributed by atoms with Crippen LogP contribution in [0.4, 0.5) is 5.95 Å². The fourth-order valence-corrected chi connectivity index (χ4v) is 2.36. The standard InChI is InChI=1S/C15H17N3O/c1-3-16-15-17-9-10(2)13(18-15)12-6-4-5-11-7-8-19-14(11)12/h4-6,9H,3,7-8H2,1-2H3,(H,16,17,18). The average molecular weight is 255 g/mol.